The third-order valence-electron chi connectivity index (χ3n) is 6.55. The molecule has 5 rings (SSSR count). The van der Waals surface area contributed by atoms with Gasteiger partial charge in [-0.25, -0.2) is 9.97 Å². The second kappa shape index (κ2) is 10.6. The number of nitrogens with two attached hydrogens (primary N) is 1. The fourth-order valence-electron chi connectivity index (χ4n) is 4.67. The van der Waals surface area contributed by atoms with E-state index in [1.807, 2.05) is 43.3 Å². The first-order chi connectivity index (χ1) is 17.8. The quantitative estimate of drug-likeness (QED) is 0.268. The van der Waals surface area contributed by atoms with Crippen molar-refractivity contribution in [2.45, 2.75) is 51.1 Å². The number of fused-ring (bicyclic) bond motifs is 1. The molecule has 4 aromatic rings. The van der Waals surface area contributed by atoms with Gasteiger partial charge in [0.25, 0.3) is 11.8 Å². The van der Waals surface area contributed by atoms with Crippen molar-refractivity contribution >= 4 is 50.7 Å². The average Bonchev–Trinajstić information content (AvgIpc) is 3.69. The van der Waals surface area contributed by atoms with Crippen LogP contribution in [-0.4, -0.2) is 60.2 Å². The van der Waals surface area contributed by atoms with E-state index in [-0.39, 0.29) is 12.6 Å². The summed E-state index contributed by atoms with van der Waals surface area (Å²) >= 11 is 2.82. The molecule has 37 heavy (non-hydrogen) atoms. The zero-order valence-corrected chi connectivity index (χ0v) is 21.8. The lowest BCUT2D eigenvalue weighted by molar-refractivity contribution is -0.153. The first-order valence-electron chi connectivity index (χ1n) is 12.0. The standard InChI is InChI=1S/C25H28N6O4S2/c1-14-28-17-5-2-3-6-19(17)31(14)12-16-9-8-15(37-16)11-27-23(34)21(32)22(33)24(35)30-10-4-7-20(30)18-13-36-25(26)29-18/h2-3,5-6,8-9,13,20-22,32-33H,4,7,10-12H2,1H3,(H2,26,29)(H,27,34)/t20-,21-,22-/m1/s1. The number of likely N-dealkylation sites (tertiary alicyclic amines) is 1. The zero-order valence-electron chi connectivity index (χ0n) is 20.2. The van der Waals surface area contributed by atoms with Crippen molar-refractivity contribution in [1.29, 1.82) is 0 Å². The Morgan fingerprint density at radius 1 is 1.16 bits per heavy atom. The maximum Gasteiger partial charge on any atom is 0.255 e. The number of aliphatic hydroxyl groups is 2. The van der Waals surface area contributed by atoms with Crippen LogP contribution in [0.3, 0.4) is 0 Å². The number of carbonyl (C=O) groups is 2. The van der Waals surface area contributed by atoms with Gasteiger partial charge in [-0.05, 0) is 44.0 Å². The predicted octanol–water partition coefficient (Wildman–Crippen LogP) is 2.19. The molecule has 3 atom stereocenters. The van der Waals surface area contributed by atoms with Crippen LogP contribution in [0.4, 0.5) is 5.13 Å². The summed E-state index contributed by atoms with van der Waals surface area (Å²) in [4.78, 5) is 37.8. The second-order valence-electron chi connectivity index (χ2n) is 9.01. The molecular weight excluding hydrogens is 512 g/mol. The molecule has 3 aromatic heterocycles. The summed E-state index contributed by atoms with van der Waals surface area (Å²) in [5, 5.41) is 25.7. The SMILES string of the molecule is Cc1nc2ccccc2n1Cc1ccc(CNC(=O)[C@H](O)[C@@H](O)C(=O)N2CCC[C@@H]2c2csc(N)n2)s1. The molecule has 12 heteroatoms. The van der Waals surface area contributed by atoms with Crippen LogP contribution in [0.2, 0.25) is 0 Å². The van der Waals surface area contributed by atoms with E-state index < -0.39 is 24.0 Å². The number of anilines is 1. The van der Waals surface area contributed by atoms with E-state index in [2.05, 4.69) is 19.9 Å². The number of amides is 2. The Balaban J connectivity index is 1.17. The molecule has 0 spiro atoms. The molecule has 4 heterocycles. The number of aryl methyl sites for hydroxylation is 1. The van der Waals surface area contributed by atoms with E-state index in [1.54, 1.807) is 5.38 Å². The summed E-state index contributed by atoms with van der Waals surface area (Å²) in [5.74, 6) is -0.580. The van der Waals surface area contributed by atoms with E-state index in [4.69, 9.17) is 5.73 Å². The van der Waals surface area contributed by atoms with Crippen LogP contribution in [0, 0.1) is 6.92 Å². The van der Waals surface area contributed by atoms with Crippen molar-refractivity contribution in [3.05, 3.63) is 63.1 Å². The number of imidazole rings is 1. The van der Waals surface area contributed by atoms with E-state index >= 15 is 0 Å². The molecular formula is C25H28N6O4S2. The van der Waals surface area contributed by atoms with Gasteiger partial charge in [-0.3, -0.25) is 9.59 Å². The number of aliphatic hydroxyl groups excluding tert-OH is 2. The summed E-state index contributed by atoms with van der Waals surface area (Å²) in [7, 11) is 0. The maximum absolute atomic E-state index is 12.9. The summed E-state index contributed by atoms with van der Waals surface area (Å²) in [6.45, 7) is 3.22. The number of benzene rings is 1. The lowest BCUT2D eigenvalue weighted by atomic mass is 10.1. The molecule has 0 aliphatic carbocycles. The molecule has 5 N–H and O–H groups in total. The molecule has 0 saturated carbocycles. The molecule has 0 bridgehead atoms. The highest BCUT2D eigenvalue weighted by Crippen LogP contribution is 2.33. The summed E-state index contributed by atoms with van der Waals surface area (Å²) < 4.78 is 2.14. The molecule has 1 fully saturated rings. The molecule has 2 amide bonds. The highest BCUT2D eigenvalue weighted by molar-refractivity contribution is 7.13. The number of rotatable bonds is 8. The van der Waals surface area contributed by atoms with Gasteiger partial charge in [-0.1, -0.05) is 12.1 Å². The molecule has 1 saturated heterocycles. The lowest BCUT2D eigenvalue weighted by Gasteiger charge is -2.27. The second-order valence-corrected chi connectivity index (χ2v) is 11.2. The predicted molar refractivity (Wildman–Crippen MR) is 142 cm³/mol. The number of thiophene rings is 1. The number of aromatic nitrogens is 3. The maximum atomic E-state index is 12.9. The number of nitrogens with zero attached hydrogens (tertiary/aromatic N) is 4. The Morgan fingerprint density at radius 2 is 1.95 bits per heavy atom. The third-order valence-corrected chi connectivity index (χ3v) is 8.31. The molecule has 1 aliphatic heterocycles. The molecule has 194 valence electrons. The van der Waals surface area contributed by atoms with Crippen LogP contribution >= 0.6 is 22.7 Å². The van der Waals surface area contributed by atoms with Crippen LogP contribution in [0.5, 0.6) is 0 Å². The first kappa shape index (κ1) is 25.3. The van der Waals surface area contributed by atoms with E-state index in [9.17, 15) is 19.8 Å². The number of nitrogen functional groups attached to an aromatic ring is 1. The van der Waals surface area contributed by atoms with E-state index in [1.165, 1.54) is 27.6 Å². The lowest BCUT2D eigenvalue weighted by Crippen LogP contribution is -2.50. The minimum absolute atomic E-state index is 0.176. The Labute approximate surface area is 221 Å². The van der Waals surface area contributed by atoms with Gasteiger partial charge in [-0.15, -0.1) is 22.7 Å². The van der Waals surface area contributed by atoms with Crippen molar-refractivity contribution in [3.63, 3.8) is 0 Å². The Hall–Kier alpha value is -3.32. The van der Waals surface area contributed by atoms with Gasteiger partial charge >= 0.3 is 0 Å². The molecule has 1 aliphatic rings. The number of hydrogen-bond donors (Lipinski definition) is 4. The Morgan fingerprint density at radius 3 is 2.73 bits per heavy atom. The number of nitrogens with one attached hydrogen (secondary N) is 1. The van der Waals surface area contributed by atoms with Gasteiger partial charge in [0, 0.05) is 21.7 Å². The highest BCUT2D eigenvalue weighted by atomic mass is 32.1. The summed E-state index contributed by atoms with van der Waals surface area (Å²) in [6, 6.07) is 11.5. The van der Waals surface area contributed by atoms with Crippen molar-refractivity contribution in [2.24, 2.45) is 0 Å². The normalized spacial score (nSPS) is 17.3. The van der Waals surface area contributed by atoms with Gasteiger partial charge in [0.15, 0.2) is 17.3 Å². The van der Waals surface area contributed by atoms with Crippen LogP contribution in [0.15, 0.2) is 41.8 Å². The fourth-order valence-corrected chi connectivity index (χ4v) is 6.23. The minimum atomic E-state index is -1.88. The molecule has 0 unspecified atom stereocenters. The van der Waals surface area contributed by atoms with Crippen LogP contribution in [-0.2, 0) is 22.7 Å². The first-order valence-corrected chi connectivity index (χ1v) is 13.7. The average molecular weight is 541 g/mol. The van der Waals surface area contributed by atoms with E-state index in [0.717, 1.165) is 33.0 Å². The van der Waals surface area contributed by atoms with Crippen LogP contribution in [0.1, 0.15) is 40.2 Å². The van der Waals surface area contributed by atoms with Crippen LogP contribution < -0.4 is 11.1 Å². The van der Waals surface area contributed by atoms with Gasteiger partial charge in [0.2, 0.25) is 0 Å². The van der Waals surface area contributed by atoms with Crippen LogP contribution in [0.25, 0.3) is 11.0 Å². The number of thiazole rings is 1. The van der Waals surface area contributed by atoms with Crippen molar-refractivity contribution in [3.8, 4) is 0 Å². The molecule has 0 radical (unpaired) electrons. The van der Waals surface area contributed by atoms with Crippen molar-refractivity contribution in [1.82, 2.24) is 24.8 Å². The number of hydrogen-bond acceptors (Lipinski definition) is 9. The van der Waals surface area contributed by atoms with E-state index in [0.29, 0.717) is 30.3 Å². The van der Waals surface area contributed by atoms with Gasteiger partial charge < -0.3 is 30.7 Å². The summed E-state index contributed by atoms with van der Waals surface area (Å²) in [6.07, 6.45) is -2.33. The third kappa shape index (κ3) is 5.23. The van der Waals surface area contributed by atoms with Crippen molar-refractivity contribution in [2.75, 3.05) is 12.3 Å². The largest absolute Gasteiger partial charge is 0.380 e. The number of para-hydroxylation sites is 2. The fraction of sp³-hybridized carbons (Fsp3) is 0.360. The monoisotopic (exact) mass is 540 g/mol. The van der Waals surface area contributed by atoms with Gasteiger partial charge in [0.05, 0.1) is 35.9 Å². The van der Waals surface area contributed by atoms with Crippen molar-refractivity contribution < 1.29 is 19.8 Å². The topological polar surface area (TPSA) is 147 Å². The molecule has 1 aromatic carbocycles. The Kier molecular flexibility index (Phi) is 7.24. The number of carbonyl (C=O) groups excluding carboxylic acids is 2. The Bertz CT molecular complexity index is 1430. The summed E-state index contributed by atoms with van der Waals surface area (Å²) in [5.41, 5.74) is 8.38. The van der Waals surface area contributed by atoms with Gasteiger partial charge in [0.1, 0.15) is 5.82 Å². The highest BCUT2D eigenvalue weighted by Gasteiger charge is 2.39. The zero-order chi connectivity index (χ0) is 26.1. The smallest absolute Gasteiger partial charge is 0.255 e. The van der Waals surface area contributed by atoms with Gasteiger partial charge in [-0.2, -0.15) is 0 Å². The molecule has 10 nitrogen and oxygen atoms in total. The minimum Gasteiger partial charge on any atom is -0.380 e.